The van der Waals surface area contributed by atoms with E-state index < -0.39 is 10.9 Å². The van der Waals surface area contributed by atoms with Crippen molar-refractivity contribution in [2.75, 3.05) is 5.32 Å². The van der Waals surface area contributed by atoms with Gasteiger partial charge in [0.05, 0.1) is 11.3 Å². The Morgan fingerprint density at radius 3 is 2.13 bits per heavy atom. The highest BCUT2D eigenvalue weighted by atomic mass is 16.2. The third kappa shape index (κ3) is 2.95. The summed E-state index contributed by atoms with van der Waals surface area (Å²) in [6.07, 6.45) is 0. The molecule has 0 aliphatic rings. The van der Waals surface area contributed by atoms with Gasteiger partial charge >= 0.3 is 0 Å². The first kappa shape index (κ1) is 15.2. The molecule has 3 rings (SSSR count). The van der Waals surface area contributed by atoms with Crippen LogP contribution < -0.4 is 16.2 Å². The summed E-state index contributed by atoms with van der Waals surface area (Å²) in [5, 5.41) is 3.11. The van der Waals surface area contributed by atoms with E-state index in [1.54, 1.807) is 0 Å². The van der Waals surface area contributed by atoms with E-state index in [1.165, 1.54) is 5.56 Å². The Bertz CT molecular complexity index is 870. The van der Waals surface area contributed by atoms with E-state index in [0.29, 0.717) is 23.7 Å². The van der Waals surface area contributed by atoms with Crippen molar-refractivity contribution in [1.82, 2.24) is 0 Å². The number of anilines is 1. The molecule has 0 bridgehead atoms. The molecule has 0 radical (unpaired) electrons. The van der Waals surface area contributed by atoms with Gasteiger partial charge in [-0.3, -0.25) is 9.59 Å². The Labute approximate surface area is 135 Å². The van der Waals surface area contributed by atoms with Gasteiger partial charge in [-0.1, -0.05) is 68.4 Å². The standard InChI is InChI=1S/C20H19NO2/c1-13(2)15-8-10-16(11-9-15)17-18(20(23)19(17)22)21-12-14-6-4-3-5-7-14/h3-11,13,21H,12H2,1-2H3. The van der Waals surface area contributed by atoms with Crippen molar-refractivity contribution in [3.8, 4) is 11.1 Å². The number of hydrogen-bond donors (Lipinski definition) is 1. The minimum absolute atomic E-state index is 0.405. The van der Waals surface area contributed by atoms with Crippen molar-refractivity contribution >= 4 is 5.69 Å². The van der Waals surface area contributed by atoms with Crippen LogP contribution in [0.2, 0.25) is 0 Å². The van der Waals surface area contributed by atoms with Crippen LogP contribution in [-0.2, 0) is 6.54 Å². The monoisotopic (exact) mass is 305 g/mol. The molecule has 0 amide bonds. The van der Waals surface area contributed by atoms with Crippen LogP contribution in [0.1, 0.15) is 30.9 Å². The van der Waals surface area contributed by atoms with Gasteiger partial charge in [0.2, 0.25) is 10.9 Å². The lowest BCUT2D eigenvalue weighted by atomic mass is 9.95. The molecule has 3 nitrogen and oxygen atoms in total. The third-order valence-electron chi connectivity index (χ3n) is 4.09. The summed E-state index contributed by atoms with van der Waals surface area (Å²) in [5.74, 6) is 0.437. The largest absolute Gasteiger partial charge is 0.377 e. The Hall–Kier alpha value is -2.68. The van der Waals surface area contributed by atoms with Gasteiger partial charge in [-0.05, 0) is 22.6 Å². The maximum Gasteiger partial charge on any atom is 0.250 e. The Morgan fingerprint density at radius 1 is 0.870 bits per heavy atom. The zero-order valence-corrected chi connectivity index (χ0v) is 13.3. The summed E-state index contributed by atoms with van der Waals surface area (Å²) >= 11 is 0. The second kappa shape index (κ2) is 6.21. The average molecular weight is 305 g/mol. The smallest absolute Gasteiger partial charge is 0.250 e. The molecule has 0 aliphatic carbocycles. The van der Waals surface area contributed by atoms with Crippen molar-refractivity contribution < 1.29 is 0 Å². The van der Waals surface area contributed by atoms with E-state index in [-0.39, 0.29) is 0 Å². The fraction of sp³-hybridized carbons (Fsp3) is 0.200. The number of hydrogen-bond acceptors (Lipinski definition) is 3. The van der Waals surface area contributed by atoms with Crippen molar-refractivity contribution in [2.24, 2.45) is 0 Å². The van der Waals surface area contributed by atoms with Gasteiger partial charge in [0.25, 0.3) is 0 Å². The highest BCUT2D eigenvalue weighted by molar-refractivity contribution is 5.81. The second-order valence-electron chi connectivity index (χ2n) is 6.02. The van der Waals surface area contributed by atoms with Gasteiger partial charge < -0.3 is 5.32 Å². The normalized spacial score (nSPS) is 11.1. The van der Waals surface area contributed by atoms with Crippen molar-refractivity contribution in [3.63, 3.8) is 0 Å². The van der Waals surface area contributed by atoms with Crippen LogP contribution in [0.5, 0.6) is 0 Å². The molecular weight excluding hydrogens is 286 g/mol. The minimum Gasteiger partial charge on any atom is -0.377 e. The van der Waals surface area contributed by atoms with E-state index >= 15 is 0 Å². The van der Waals surface area contributed by atoms with Crippen LogP contribution in [0.3, 0.4) is 0 Å². The molecule has 0 atom stereocenters. The van der Waals surface area contributed by atoms with Gasteiger partial charge in [0.1, 0.15) is 0 Å². The lowest BCUT2D eigenvalue weighted by Crippen LogP contribution is -2.36. The molecule has 0 fully saturated rings. The molecular formula is C20H19NO2. The minimum atomic E-state index is -0.427. The van der Waals surface area contributed by atoms with Crippen LogP contribution in [0, 0.1) is 0 Å². The summed E-state index contributed by atoms with van der Waals surface area (Å²) in [6, 6.07) is 17.7. The Morgan fingerprint density at radius 2 is 1.52 bits per heavy atom. The lowest BCUT2D eigenvalue weighted by molar-refractivity contribution is 0.867. The van der Waals surface area contributed by atoms with Crippen molar-refractivity contribution in [2.45, 2.75) is 26.3 Å². The van der Waals surface area contributed by atoms with Crippen LogP contribution in [-0.4, -0.2) is 0 Å². The van der Waals surface area contributed by atoms with Gasteiger partial charge in [-0.25, -0.2) is 0 Å². The first-order valence-electron chi connectivity index (χ1n) is 7.79. The molecule has 1 N–H and O–H groups in total. The van der Waals surface area contributed by atoms with E-state index in [0.717, 1.165) is 11.1 Å². The highest BCUT2D eigenvalue weighted by Gasteiger charge is 2.21. The zero-order chi connectivity index (χ0) is 16.4. The first-order chi connectivity index (χ1) is 11.1. The van der Waals surface area contributed by atoms with Crippen LogP contribution in [0.25, 0.3) is 11.1 Å². The number of nitrogens with one attached hydrogen (secondary N) is 1. The van der Waals surface area contributed by atoms with E-state index in [4.69, 9.17) is 0 Å². The highest BCUT2D eigenvalue weighted by Crippen LogP contribution is 2.26. The fourth-order valence-electron chi connectivity index (χ4n) is 2.66. The zero-order valence-electron chi connectivity index (χ0n) is 13.3. The fourth-order valence-corrected chi connectivity index (χ4v) is 2.66. The summed E-state index contributed by atoms with van der Waals surface area (Å²) in [5.41, 5.74) is 3.18. The predicted molar refractivity (Wildman–Crippen MR) is 94.6 cm³/mol. The topological polar surface area (TPSA) is 46.2 Å². The maximum absolute atomic E-state index is 12.0. The predicted octanol–water partition coefficient (Wildman–Crippen LogP) is 3.69. The van der Waals surface area contributed by atoms with Gasteiger partial charge in [0.15, 0.2) is 0 Å². The molecule has 0 saturated carbocycles. The lowest BCUT2D eigenvalue weighted by Gasteiger charge is -2.14. The van der Waals surface area contributed by atoms with Crippen LogP contribution >= 0.6 is 0 Å². The van der Waals surface area contributed by atoms with Crippen molar-refractivity contribution in [1.29, 1.82) is 0 Å². The summed E-state index contributed by atoms with van der Waals surface area (Å²) in [6.45, 7) is 4.78. The van der Waals surface area contributed by atoms with E-state index in [2.05, 4.69) is 19.2 Å². The summed E-state index contributed by atoms with van der Waals surface area (Å²) in [4.78, 5) is 23.8. The molecule has 0 spiro atoms. The molecule has 0 aliphatic heterocycles. The summed E-state index contributed by atoms with van der Waals surface area (Å²) in [7, 11) is 0. The number of rotatable bonds is 5. The third-order valence-corrected chi connectivity index (χ3v) is 4.09. The Balaban J connectivity index is 1.85. The average Bonchev–Trinajstić information content (AvgIpc) is 2.58. The van der Waals surface area contributed by atoms with Crippen LogP contribution in [0.4, 0.5) is 5.69 Å². The molecule has 3 aromatic rings. The van der Waals surface area contributed by atoms with E-state index in [9.17, 15) is 9.59 Å². The molecule has 0 unspecified atom stereocenters. The SMILES string of the molecule is CC(C)c1ccc(-c2c(NCc3ccccc3)c(=O)c2=O)cc1. The van der Waals surface area contributed by atoms with Crippen LogP contribution in [0.15, 0.2) is 64.2 Å². The molecule has 0 heterocycles. The molecule has 3 aromatic carbocycles. The second-order valence-corrected chi connectivity index (χ2v) is 6.02. The molecule has 116 valence electrons. The number of benzene rings is 2. The summed E-state index contributed by atoms with van der Waals surface area (Å²) < 4.78 is 0. The van der Waals surface area contributed by atoms with E-state index in [1.807, 2.05) is 54.6 Å². The molecule has 23 heavy (non-hydrogen) atoms. The van der Waals surface area contributed by atoms with Crippen molar-refractivity contribution in [3.05, 3.63) is 86.2 Å². The molecule has 3 heteroatoms. The molecule has 0 saturated heterocycles. The Kier molecular flexibility index (Phi) is 4.11. The molecule has 0 aromatic heterocycles. The quantitative estimate of drug-likeness (QED) is 0.731. The van der Waals surface area contributed by atoms with Gasteiger partial charge in [-0.15, -0.1) is 0 Å². The van der Waals surface area contributed by atoms with Gasteiger partial charge in [-0.2, -0.15) is 0 Å². The first-order valence-corrected chi connectivity index (χ1v) is 7.79. The van der Waals surface area contributed by atoms with Gasteiger partial charge in [0, 0.05) is 6.54 Å². The maximum atomic E-state index is 12.0.